The number of carbonyl (C=O) groups is 1. The molecule has 0 spiro atoms. The van der Waals surface area contributed by atoms with E-state index in [2.05, 4.69) is 10.2 Å². The fraction of sp³-hybridized carbons (Fsp3) is 0.136. The third-order valence-corrected chi connectivity index (χ3v) is 6.33. The van der Waals surface area contributed by atoms with Crippen molar-refractivity contribution in [3.8, 4) is 22.3 Å². The van der Waals surface area contributed by atoms with Gasteiger partial charge in [0.15, 0.2) is 5.78 Å². The Morgan fingerprint density at radius 1 is 0.967 bits per heavy atom. The van der Waals surface area contributed by atoms with E-state index in [0.29, 0.717) is 22.4 Å². The molecule has 1 atom stereocenters. The van der Waals surface area contributed by atoms with Gasteiger partial charge in [0.2, 0.25) is 0 Å². The molecule has 0 fully saturated rings. The van der Waals surface area contributed by atoms with Crippen molar-refractivity contribution in [2.24, 2.45) is 0 Å². The van der Waals surface area contributed by atoms with E-state index in [1.165, 1.54) is 23.1 Å². The van der Waals surface area contributed by atoms with Crippen LogP contribution in [-0.2, 0) is 0 Å². The van der Waals surface area contributed by atoms with Gasteiger partial charge >= 0.3 is 0 Å². The molecule has 2 heterocycles. The highest BCUT2D eigenvalue weighted by atomic mass is 32.2. The summed E-state index contributed by atoms with van der Waals surface area (Å²) in [5.74, 6) is 1.79. The van der Waals surface area contributed by atoms with Gasteiger partial charge in [-0.25, -0.2) is 0 Å². The smallest absolute Gasteiger partial charge is 0.277 e. The summed E-state index contributed by atoms with van der Waals surface area (Å²) in [5.41, 5.74) is 1.39. The van der Waals surface area contributed by atoms with Crippen LogP contribution in [0, 0.1) is 0 Å². The molecule has 6 nitrogen and oxygen atoms in total. The van der Waals surface area contributed by atoms with Crippen LogP contribution in [0.2, 0.25) is 0 Å². The van der Waals surface area contributed by atoms with E-state index < -0.39 is 5.25 Å². The second-order valence-electron chi connectivity index (χ2n) is 6.21. The minimum absolute atomic E-state index is 0.0660. The van der Waals surface area contributed by atoms with E-state index in [0.717, 1.165) is 16.2 Å². The van der Waals surface area contributed by atoms with Crippen LogP contribution in [-0.4, -0.2) is 30.2 Å². The standard InChI is InChI=1S/C22H18N2O4S2/c1-26-16-9-5-14(6-10-16)19(25)20(15-7-11-17(27-2)12-8-15)30-22-24-23-21(28-22)18-4-3-13-29-18/h3-13,20H,1-2H3/t20-/m1/s1. The molecule has 2 aromatic carbocycles. The number of methoxy groups -OCH3 is 2. The van der Waals surface area contributed by atoms with Gasteiger partial charge in [0.25, 0.3) is 11.1 Å². The van der Waals surface area contributed by atoms with Crippen molar-refractivity contribution in [3.05, 3.63) is 77.2 Å². The van der Waals surface area contributed by atoms with Crippen molar-refractivity contribution in [2.45, 2.75) is 10.5 Å². The number of ether oxygens (including phenoxy) is 2. The summed E-state index contributed by atoms with van der Waals surface area (Å²) in [5, 5.41) is 9.97. The van der Waals surface area contributed by atoms with Crippen LogP contribution in [0.4, 0.5) is 0 Å². The van der Waals surface area contributed by atoms with Crippen LogP contribution in [0.5, 0.6) is 11.5 Å². The van der Waals surface area contributed by atoms with Gasteiger partial charge < -0.3 is 13.9 Å². The lowest BCUT2D eigenvalue weighted by molar-refractivity contribution is 0.0989. The molecule has 4 aromatic rings. The lowest BCUT2D eigenvalue weighted by Gasteiger charge is -2.15. The quantitative estimate of drug-likeness (QED) is 0.264. The Morgan fingerprint density at radius 3 is 2.23 bits per heavy atom. The average Bonchev–Trinajstić information content (AvgIpc) is 3.49. The van der Waals surface area contributed by atoms with E-state index in [4.69, 9.17) is 13.9 Å². The summed E-state index contributed by atoms with van der Waals surface area (Å²) in [6, 6.07) is 18.3. The van der Waals surface area contributed by atoms with Gasteiger partial charge in [0, 0.05) is 5.56 Å². The van der Waals surface area contributed by atoms with Gasteiger partial charge in [-0.2, -0.15) is 0 Å². The molecule has 0 radical (unpaired) electrons. The molecule has 0 aliphatic rings. The number of benzene rings is 2. The molecular weight excluding hydrogens is 420 g/mol. The van der Waals surface area contributed by atoms with Crippen molar-refractivity contribution >= 4 is 28.9 Å². The molecule has 8 heteroatoms. The highest BCUT2D eigenvalue weighted by Gasteiger charge is 2.26. The van der Waals surface area contributed by atoms with E-state index in [1.807, 2.05) is 41.8 Å². The van der Waals surface area contributed by atoms with Crippen LogP contribution >= 0.6 is 23.1 Å². The van der Waals surface area contributed by atoms with Crippen LogP contribution in [0.3, 0.4) is 0 Å². The maximum absolute atomic E-state index is 13.4. The number of hydrogen-bond donors (Lipinski definition) is 0. The summed E-state index contributed by atoms with van der Waals surface area (Å²) < 4.78 is 16.2. The number of carbonyl (C=O) groups excluding carboxylic acids is 1. The minimum atomic E-state index is -0.555. The molecule has 4 rings (SSSR count). The fourth-order valence-corrected chi connectivity index (χ4v) is 4.41. The number of Topliss-reactive ketones (excluding diaryl/α,β-unsaturated/α-hetero) is 1. The number of thioether (sulfide) groups is 1. The summed E-state index contributed by atoms with van der Waals surface area (Å²) in [6.07, 6.45) is 0. The average molecular weight is 439 g/mol. The third-order valence-electron chi connectivity index (χ3n) is 4.39. The van der Waals surface area contributed by atoms with E-state index >= 15 is 0 Å². The Hall–Kier alpha value is -3.10. The monoisotopic (exact) mass is 438 g/mol. The van der Waals surface area contributed by atoms with Crippen LogP contribution in [0.25, 0.3) is 10.8 Å². The van der Waals surface area contributed by atoms with E-state index in [9.17, 15) is 4.79 Å². The molecule has 0 aliphatic heterocycles. The highest BCUT2D eigenvalue weighted by Crippen LogP contribution is 2.39. The van der Waals surface area contributed by atoms with E-state index in [-0.39, 0.29) is 5.78 Å². The summed E-state index contributed by atoms with van der Waals surface area (Å²) >= 11 is 2.75. The van der Waals surface area contributed by atoms with Crippen molar-refractivity contribution < 1.29 is 18.7 Å². The molecular formula is C22H18N2O4S2. The van der Waals surface area contributed by atoms with Crippen molar-refractivity contribution in [3.63, 3.8) is 0 Å². The zero-order valence-electron chi connectivity index (χ0n) is 16.3. The van der Waals surface area contributed by atoms with Crippen molar-refractivity contribution in [2.75, 3.05) is 14.2 Å². The summed E-state index contributed by atoms with van der Waals surface area (Å²) in [4.78, 5) is 14.2. The second-order valence-corrected chi connectivity index (χ2v) is 8.22. The molecule has 30 heavy (non-hydrogen) atoms. The van der Waals surface area contributed by atoms with Crippen LogP contribution < -0.4 is 9.47 Å². The Kier molecular flexibility index (Phi) is 6.15. The number of nitrogens with zero attached hydrogens (tertiary/aromatic N) is 2. The molecule has 0 unspecified atom stereocenters. The number of aromatic nitrogens is 2. The van der Waals surface area contributed by atoms with Crippen molar-refractivity contribution in [1.29, 1.82) is 0 Å². The molecule has 0 saturated carbocycles. The van der Waals surface area contributed by atoms with Crippen molar-refractivity contribution in [1.82, 2.24) is 10.2 Å². The maximum atomic E-state index is 13.4. The van der Waals surface area contributed by atoms with E-state index in [1.54, 1.807) is 38.5 Å². The number of hydrogen-bond acceptors (Lipinski definition) is 8. The Morgan fingerprint density at radius 2 is 1.63 bits per heavy atom. The number of ketones is 1. The Labute approximate surface area is 181 Å². The summed E-state index contributed by atoms with van der Waals surface area (Å²) in [7, 11) is 3.20. The lowest BCUT2D eigenvalue weighted by atomic mass is 10.0. The third kappa shape index (κ3) is 4.39. The SMILES string of the molecule is COc1ccc(C(=O)[C@H](Sc2nnc(-c3cccs3)o2)c2ccc(OC)cc2)cc1. The molecule has 0 aliphatic carbocycles. The maximum Gasteiger partial charge on any atom is 0.277 e. The number of thiophene rings is 1. The molecule has 2 aromatic heterocycles. The van der Waals surface area contributed by atoms with Gasteiger partial charge in [0.05, 0.1) is 19.1 Å². The predicted molar refractivity (Wildman–Crippen MR) is 117 cm³/mol. The number of rotatable bonds is 8. The molecule has 0 saturated heterocycles. The molecule has 0 bridgehead atoms. The van der Waals surface area contributed by atoms with Gasteiger partial charge in [0.1, 0.15) is 16.7 Å². The first-order chi connectivity index (χ1) is 14.7. The zero-order valence-corrected chi connectivity index (χ0v) is 17.9. The first-order valence-electron chi connectivity index (χ1n) is 9.04. The van der Waals surface area contributed by atoms with Gasteiger partial charge in [-0.05, 0) is 65.2 Å². The lowest BCUT2D eigenvalue weighted by Crippen LogP contribution is -2.10. The first-order valence-corrected chi connectivity index (χ1v) is 10.8. The van der Waals surface area contributed by atoms with Gasteiger partial charge in [-0.3, -0.25) is 4.79 Å². The molecule has 0 amide bonds. The van der Waals surface area contributed by atoms with Crippen LogP contribution in [0.1, 0.15) is 21.2 Å². The predicted octanol–water partition coefficient (Wildman–Crippen LogP) is 5.53. The van der Waals surface area contributed by atoms with Gasteiger partial charge in [-0.15, -0.1) is 21.5 Å². The fourth-order valence-electron chi connectivity index (χ4n) is 2.82. The zero-order chi connectivity index (χ0) is 20.9. The normalized spacial score (nSPS) is 11.8. The Bertz CT molecular complexity index is 1110. The van der Waals surface area contributed by atoms with Gasteiger partial charge in [-0.1, -0.05) is 18.2 Å². The molecule has 152 valence electrons. The summed E-state index contributed by atoms with van der Waals surface area (Å²) in [6.45, 7) is 0. The van der Waals surface area contributed by atoms with Crippen LogP contribution in [0.15, 0.2) is 75.7 Å². The topological polar surface area (TPSA) is 74.5 Å². The first kappa shape index (κ1) is 20.2. The second kappa shape index (κ2) is 9.15. The highest BCUT2D eigenvalue weighted by molar-refractivity contribution is 8.00. The minimum Gasteiger partial charge on any atom is -0.497 e. The molecule has 0 N–H and O–H groups in total. The largest absolute Gasteiger partial charge is 0.497 e. The Balaban J connectivity index is 1.64.